The van der Waals surface area contributed by atoms with Crippen LogP contribution in [0.25, 0.3) is 0 Å². The summed E-state index contributed by atoms with van der Waals surface area (Å²) in [7, 11) is 0. The van der Waals surface area contributed by atoms with E-state index in [1.54, 1.807) is 12.1 Å². The van der Waals surface area contributed by atoms with Gasteiger partial charge in [0.05, 0.1) is 19.6 Å². The molecule has 1 saturated heterocycles. The van der Waals surface area contributed by atoms with Crippen molar-refractivity contribution in [3.8, 4) is 0 Å². The van der Waals surface area contributed by atoms with Crippen molar-refractivity contribution in [1.29, 1.82) is 0 Å². The molecule has 1 aromatic carbocycles. The molecule has 4 nitrogen and oxygen atoms in total. The maximum Gasteiger partial charge on any atom is 0.224 e. The fraction of sp³-hybridized carbons (Fsp3) is 0.588. The molecule has 5 heteroatoms. The van der Waals surface area contributed by atoms with E-state index in [1.165, 1.54) is 12.1 Å². The molecule has 1 aliphatic heterocycles. The van der Waals surface area contributed by atoms with Crippen molar-refractivity contribution < 1.29 is 13.9 Å². The number of carbonyl (C=O) groups excluding carboxylic acids is 1. The predicted molar refractivity (Wildman–Crippen MR) is 84.1 cm³/mol. The van der Waals surface area contributed by atoms with Crippen LogP contribution in [0.5, 0.6) is 0 Å². The molecule has 1 aromatic rings. The highest BCUT2D eigenvalue weighted by molar-refractivity contribution is 5.78. The molecule has 1 aliphatic rings. The van der Waals surface area contributed by atoms with Crippen LogP contribution in [-0.4, -0.2) is 49.7 Å². The van der Waals surface area contributed by atoms with Gasteiger partial charge in [0.25, 0.3) is 0 Å². The average molecular weight is 308 g/mol. The Morgan fingerprint density at radius 3 is 2.73 bits per heavy atom. The number of hydrogen-bond acceptors (Lipinski definition) is 3. The van der Waals surface area contributed by atoms with Crippen LogP contribution in [0.1, 0.15) is 19.4 Å². The summed E-state index contributed by atoms with van der Waals surface area (Å²) >= 11 is 0. The maximum absolute atomic E-state index is 13.1. The first-order valence-electron chi connectivity index (χ1n) is 7.89. The van der Waals surface area contributed by atoms with Gasteiger partial charge in [0.2, 0.25) is 5.91 Å². The minimum atomic E-state index is -0.307. The number of benzene rings is 1. The van der Waals surface area contributed by atoms with Gasteiger partial charge in [-0.15, -0.1) is 0 Å². The van der Waals surface area contributed by atoms with E-state index >= 15 is 0 Å². The second kappa shape index (κ2) is 8.25. The smallest absolute Gasteiger partial charge is 0.224 e. The Kier molecular flexibility index (Phi) is 6.34. The highest BCUT2D eigenvalue weighted by Crippen LogP contribution is 2.12. The Morgan fingerprint density at radius 1 is 1.36 bits per heavy atom. The Labute approximate surface area is 131 Å². The number of nitrogens with one attached hydrogen (secondary N) is 1. The minimum Gasteiger partial charge on any atom is -0.379 e. The Balaban J connectivity index is 1.84. The number of halogens is 1. The predicted octanol–water partition coefficient (Wildman–Crippen LogP) is 1.84. The van der Waals surface area contributed by atoms with Gasteiger partial charge in [-0.25, -0.2) is 4.39 Å². The van der Waals surface area contributed by atoms with Crippen molar-refractivity contribution in [3.63, 3.8) is 0 Å². The molecule has 22 heavy (non-hydrogen) atoms. The lowest BCUT2D eigenvalue weighted by Gasteiger charge is -2.36. The first kappa shape index (κ1) is 16.9. The van der Waals surface area contributed by atoms with E-state index in [4.69, 9.17) is 4.74 Å². The molecule has 1 amide bonds. The zero-order chi connectivity index (χ0) is 15.9. The van der Waals surface area contributed by atoms with Crippen molar-refractivity contribution in [2.45, 2.75) is 26.3 Å². The van der Waals surface area contributed by atoms with Crippen LogP contribution in [-0.2, 0) is 16.0 Å². The first-order chi connectivity index (χ1) is 10.6. The number of amides is 1. The van der Waals surface area contributed by atoms with Crippen LogP contribution < -0.4 is 5.32 Å². The van der Waals surface area contributed by atoms with Gasteiger partial charge in [0.15, 0.2) is 0 Å². The second-order valence-electron chi connectivity index (χ2n) is 6.07. The summed E-state index contributed by atoms with van der Waals surface area (Å²) in [6, 6.07) is 6.49. The van der Waals surface area contributed by atoms with Crippen LogP contribution in [0.2, 0.25) is 0 Å². The molecule has 0 spiro atoms. The number of ether oxygens (including phenoxy) is 1. The Bertz CT molecular complexity index is 487. The molecule has 0 radical (unpaired) electrons. The summed E-state index contributed by atoms with van der Waals surface area (Å²) < 4.78 is 18.5. The highest BCUT2D eigenvalue weighted by atomic mass is 19.1. The van der Waals surface area contributed by atoms with E-state index in [2.05, 4.69) is 24.1 Å². The second-order valence-corrected chi connectivity index (χ2v) is 6.07. The molecule has 1 N–H and O–H groups in total. The lowest BCUT2D eigenvalue weighted by atomic mass is 10.0. The number of morpholine rings is 1. The first-order valence-corrected chi connectivity index (χ1v) is 7.89. The van der Waals surface area contributed by atoms with Gasteiger partial charge >= 0.3 is 0 Å². The number of rotatable bonds is 6. The normalized spacial score (nSPS) is 17.5. The molecule has 122 valence electrons. The van der Waals surface area contributed by atoms with Gasteiger partial charge in [-0.05, 0) is 23.6 Å². The molecule has 0 aromatic heterocycles. The lowest BCUT2D eigenvalue weighted by molar-refractivity contribution is -0.120. The Hall–Kier alpha value is -1.46. The third-order valence-electron chi connectivity index (χ3n) is 4.05. The van der Waals surface area contributed by atoms with Gasteiger partial charge in [-0.3, -0.25) is 9.69 Å². The molecule has 0 unspecified atom stereocenters. The summed E-state index contributed by atoms with van der Waals surface area (Å²) in [4.78, 5) is 14.4. The number of carbonyl (C=O) groups is 1. The van der Waals surface area contributed by atoms with Crippen molar-refractivity contribution in [2.24, 2.45) is 5.92 Å². The lowest BCUT2D eigenvalue weighted by Crippen LogP contribution is -2.51. The minimum absolute atomic E-state index is 0.0653. The molecular formula is C17H25FN2O2. The van der Waals surface area contributed by atoms with Crippen LogP contribution in [0.15, 0.2) is 24.3 Å². The van der Waals surface area contributed by atoms with Gasteiger partial charge in [-0.1, -0.05) is 26.0 Å². The quantitative estimate of drug-likeness (QED) is 0.872. The molecule has 1 heterocycles. The van der Waals surface area contributed by atoms with Crippen molar-refractivity contribution in [1.82, 2.24) is 10.2 Å². The summed E-state index contributed by atoms with van der Waals surface area (Å²) in [5.74, 6) is 0.0794. The fourth-order valence-electron chi connectivity index (χ4n) is 2.81. The zero-order valence-corrected chi connectivity index (χ0v) is 13.3. The highest BCUT2D eigenvalue weighted by Gasteiger charge is 2.24. The van der Waals surface area contributed by atoms with E-state index in [9.17, 15) is 9.18 Å². The van der Waals surface area contributed by atoms with E-state index in [0.717, 1.165) is 26.3 Å². The van der Waals surface area contributed by atoms with Crippen LogP contribution in [0, 0.1) is 11.7 Å². The van der Waals surface area contributed by atoms with Gasteiger partial charge in [-0.2, -0.15) is 0 Å². The zero-order valence-electron chi connectivity index (χ0n) is 13.3. The van der Waals surface area contributed by atoms with Crippen LogP contribution >= 0.6 is 0 Å². The van der Waals surface area contributed by atoms with E-state index in [-0.39, 0.29) is 18.1 Å². The summed E-state index contributed by atoms with van der Waals surface area (Å²) in [5.41, 5.74) is 0.699. The number of hydrogen-bond donors (Lipinski definition) is 1. The maximum atomic E-state index is 13.1. The van der Waals surface area contributed by atoms with Gasteiger partial charge < -0.3 is 10.1 Å². The van der Waals surface area contributed by atoms with Crippen LogP contribution in [0.4, 0.5) is 4.39 Å². The fourth-order valence-corrected chi connectivity index (χ4v) is 2.81. The summed E-state index contributed by atoms with van der Waals surface area (Å²) in [6.07, 6.45) is 0.214. The third kappa shape index (κ3) is 5.07. The molecule has 0 saturated carbocycles. The summed E-state index contributed by atoms with van der Waals surface area (Å²) in [5, 5.41) is 2.99. The van der Waals surface area contributed by atoms with Crippen molar-refractivity contribution in [2.75, 3.05) is 32.8 Å². The van der Waals surface area contributed by atoms with E-state index in [1.807, 2.05) is 0 Å². The van der Waals surface area contributed by atoms with Gasteiger partial charge in [0, 0.05) is 25.7 Å². The third-order valence-corrected chi connectivity index (χ3v) is 4.05. The Morgan fingerprint density at radius 2 is 2.09 bits per heavy atom. The van der Waals surface area contributed by atoms with Crippen LogP contribution in [0.3, 0.4) is 0 Å². The molecule has 1 atom stereocenters. The average Bonchev–Trinajstić information content (AvgIpc) is 2.48. The monoisotopic (exact) mass is 308 g/mol. The van der Waals surface area contributed by atoms with E-state index < -0.39 is 0 Å². The molecule has 0 bridgehead atoms. The molecular weight excluding hydrogens is 283 g/mol. The summed E-state index contributed by atoms with van der Waals surface area (Å²) in [6.45, 7) is 8.26. The van der Waals surface area contributed by atoms with Crippen molar-refractivity contribution >= 4 is 5.91 Å². The number of nitrogens with zero attached hydrogens (tertiary/aromatic N) is 1. The molecule has 2 rings (SSSR count). The SMILES string of the molecule is CC(C)[C@H](CNC(=O)Cc1cccc(F)c1)N1CCOCC1. The molecule has 1 fully saturated rings. The van der Waals surface area contributed by atoms with Crippen molar-refractivity contribution in [3.05, 3.63) is 35.6 Å². The standard InChI is InChI=1S/C17H25FN2O2/c1-13(2)16(20-6-8-22-9-7-20)12-19-17(21)11-14-4-3-5-15(18)10-14/h3-5,10,13,16H,6-9,11-12H2,1-2H3,(H,19,21)/t16-/m0/s1. The largest absolute Gasteiger partial charge is 0.379 e. The molecule has 0 aliphatic carbocycles. The van der Waals surface area contributed by atoms with E-state index in [0.29, 0.717) is 24.1 Å². The van der Waals surface area contributed by atoms with Gasteiger partial charge in [0.1, 0.15) is 5.82 Å². The topological polar surface area (TPSA) is 41.6 Å².